The summed E-state index contributed by atoms with van der Waals surface area (Å²) in [6.07, 6.45) is 2.93. The first-order chi connectivity index (χ1) is 9.10. The van der Waals surface area contributed by atoms with Gasteiger partial charge < -0.3 is 16.0 Å². The van der Waals surface area contributed by atoms with Gasteiger partial charge in [-0.25, -0.2) is 0 Å². The second-order valence-electron chi connectivity index (χ2n) is 5.48. The van der Waals surface area contributed by atoms with Gasteiger partial charge in [0.05, 0.1) is 5.92 Å². The van der Waals surface area contributed by atoms with E-state index < -0.39 is 0 Å². The van der Waals surface area contributed by atoms with Gasteiger partial charge in [0.15, 0.2) is 0 Å². The molecule has 0 saturated heterocycles. The summed E-state index contributed by atoms with van der Waals surface area (Å²) < 4.78 is 0. The number of hydrogen-bond acceptors (Lipinski definition) is 3. The predicted octanol–water partition coefficient (Wildman–Crippen LogP) is 1.15. The normalized spacial score (nSPS) is 15.9. The second kappa shape index (κ2) is 6.06. The zero-order valence-electron chi connectivity index (χ0n) is 11.7. The van der Waals surface area contributed by atoms with Crippen LogP contribution in [0.5, 0.6) is 0 Å². The van der Waals surface area contributed by atoms with E-state index in [4.69, 9.17) is 5.73 Å². The Bertz CT molecular complexity index is 424. The first-order valence-electron chi connectivity index (χ1n) is 6.87. The van der Waals surface area contributed by atoms with Crippen LogP contribution in [0.4, 0.5) is 5.69 Å². The molecule has 1 atom stereocenters. The fraction of sp³-hybridized carbons (Fsp3) is 0.533. The molecular weight excluding hydrogens is 238 g/mol. The molecule has 1 saturated carbocycles. The molecule has 4 nitrogen and oxygen atoms in total. The largest absolute Gasteiger partial charge is 0.378 e. The number of carbonyl (C=O) groups is 1. The fourth-order valence-electron chi connectivity index (χ4n) is 2.04. The molecule has 3 N–H and O–H groups in total. The molecule has 0 aliphatic heterocycles. The fourth-order valence-corrected chi connectivity index (χ4v) is 2.04. The third kappa shape index (κ3) is 3.96. The van der Waals surface area contributed by atoms with Gasteiger partial charge >= 0.3 is 0 Å². The van der Waals surface area contributed by atoms with Gasteiger partial charge in [0, 0.05) is 32.4 Å². The molecule has 1 unspecified atom stereocenters. The molecule has 0 aromatic heterocycles. The number of nitrogens with one attached hydrogen (secondary N) is 1. The van der Waals surface area contributed by atoms with Crippen molar-refractivity contribution in [1.29, 1.82) is 0 Å². The van der Waals surface area contributed by atoms with Crippen LogP contribution in [0.2, 0.25) is 0 Å². The summed E-state index contributed by atoms with van der Waals surface area (Å²) in [6.45, 7) is 0.397. The van der Waals surface area contributed by atoms with Gasteiger partial charge in [-0.3, -0.25) is 4.79 Å². The number of nitrogens with zero attached hydrogens (tertiary/aromatic N) is 1. The minimum absolute atomic E-state index is 0.0988. The number of nitrogens with two attached hydrogens (primary N) is 1. The van der Waals surface area contributed by atoms with Gasteiger partial charge in [0.25, 0.3) is 0 Å². The smallest absolute Gasteiger partial charge is 0.224 e. The Morgan fingerprint density at radius 1 is 1.37 bits per heavy atom. The van der Waals surface area contributed by atoms with Crippen LogP contribution in [0.15, 0.2) is 24.3 Å². The minimum Gasteiger partial charge on any atom is -0.378 e. The lowest BCUT2D eigenvalue weighted by Crippen LogP contribution is -2.37. The van der Waals surface area contributed by atoms with Crippen molar-refractivity contribution >= 4 is 11.6 Å². The monoisotopic (exact) mass is 261 g/mol. The highest BCUT2D eigenvalue weighted by molar-refractivity contribution is 5.79. The average molecular weight is 261 g/mol. The summed E-state index contributed by atoms with van der Waals surface area (Å²) in [6, 6.07) is 8.69. The van der Waals surface area contributed by atoms with Crippen molar-refractivity contribution in [2.45, 2.75) is 25.3 Å². The van der Waals surface area contributed by atoms with E-state index in [9.17, 15) is 4.79 Å². The standard InChI is InChI=1S/C15H23N3O/c1-18(2)14-7-3-11(4-8-14)9-12(10-16)15(19)17-13-5-6-13/h3-4,7-8,12-13H,5-6,9-10,16H2,1-2H3,(H,17,19). The molecule has 0 heterocycles. The number of benzene rings is 1. The number of amides is 1. The van der Waals surface area contributed by atoms with Crippen LogP contribution in [0.25, 0.3) is 0 Å². The molecule has 4 heteroatoms. The zero-order valence-corrected chi connectivity index (χ0v) is 11.7. The van der Waals surface area contributed by atoms with Crippen LogP contribution in [0, 0.1) is 5.92 Å². The molecule has 1 aromatic carbocycles. The second-order valence-corrected chi connectivity index (χ2v) is 5.48. The van der Waals surface area contributed by atoms with Gasteiger partial charge in [-0.2, -0.15) is 0 Å². The minimum atomic E-state index is -0.120. The Labute approximate surface area is 115 Å². The van der Waals surface area contributed by atoms with E-state index in [1.54, 1.807) is 0 Å². The van der Waals surface area contributed by atoms with Crippen LogP contribution in [0.1, 0.15) is 18.4 Å². The van der Waals surface area contributed by atoms with Gasteiger partial charge in [-0.15, -0.1) is 0 Å². The lowest BCUT2D eigenvalue weighted by atomic mass is 9.98. The molecule has 1 fully saturated rings. The van der Waals surface area contributed by atoms with Crippen molar-refractivity contribution < 1.29 is 4.79 Å². The van der Waals surface area contributed by atoms with E-state index in [1.165, 1.54) is 0 Å². The van der Waals surface area contributed by atoms with E-state index in [2.05, 4.69) is 34.5 Å². The van der Waals surface area contributed by atoms with Gasteiger partial charge in [-0.1, -0.05) is 12.1 Å². The van der Waals surface area contributed by atoms with Crippen molar-refractivity contribution in [3.05, 3.63) is 29.8 Å². The van der Waals surface area contributed by atoms with E-state index in [1.807, 2.05) is 14.1 Å². The average Bonchev–Trinajstić information content (AvgIpc) is 3.20. The maximum absolute atomic E-state index is 12.0. The van der Waals surface area contributed by atoms with Crippen LogP contribution >= 0.6 is 0 Å². The Balaban J connectivity index is 1.94. The molecule has 1 aliphatic rings. The van der Waals surface area contributed by atoms with Crippen molar-refractivity contribution in [1.82, 2.24) is 5.32 Å². The molecular formula is C15H23N3O. The van der Waals surface area contributed by atoms with E-state index >= 15 is 0 Å². The Morgan fingerprint density at radius 2 is 2.00 bits per heavy atom. The Kier molecular flexibility index (Phi) is 4.43. The van der Waals surface area contributed by atoms with E-state index in [0.29, 0.717) is 19.0 Å². The highest BCUT2D eigenvalue weighted by Crippen LogP contribution is 2.20. The van der Waals surface area contributed by atoms with Crippen LogP contribution in [0.3, 0.4) is 0 Å². The molecule has 0 spiro atoms. The lowest BCUT2D eigenvalue weighted by molar-refractivity contribution is -0.124. The van der Waals surface area contributed by atoms with Crippen molar-refractivity contribution in [2.24, 2.45) is 11.7 Å². The summed E-state index contributed by atoms with van der Waals surface area (Å²) in [5.41, 5.74) is 8.05. The Morgan fingerprint density at radius 3 is 2.47 bits per heavy atom. The summed E-state index contributed by atoms with van der Waals surface area (Å²) in [7, 11) is 4.03. The number of anilines is 1. The third-order valence-electron chi connectivity index (χ3n) is 3.51. The SMILES string of the molecule is CN(C)c1ccc(CC(CN)C(=O)NC2CC2)cc1. The van der Waals surface area contributed by atoms with Crippen LogP contribution < -0.4 is 16.0 Å². The molecule has 0 radical (unpaired) electrons. The molecule has 0 bridgehead atoms. The quantitative estimate of drug-likeness (QED) is 0.807. The number of carbonyl (C=O) groups excluding carboxylic acids is 1. The van der Waals surface area contributed by atoms with Crippen molar-refractivity contribution in [3.8, 4) is 0 Å². The van der Waals surface area contributed by atoms with E-state index in [-0.39, 0.29) is 11.8 Å². The number of rotatable bonds is 6. The predicted molar refractivity (Wildman–Crippen MR) is 78.2 cm³/mol. The zero-order chi connectivity index (χ0) is 13.8. The van der Waals surface area contributed by atoms with Gasteiger partial charge in [-0.05, 0) is 37.0 Å². The molecule has 1 aromatic rings. The molecule has 2 rings (SSSR count). The first-order valence-corrected chi connectivity index (χ1v) is 6.87. The van der Waals surface area contributed by atoms with Gasteiger partial charge in [0.2, 0.25) is 5.91 Å². The third-order valence-corrected chi connectivity index (χ3v) is 3.51. The number of hydrogen-bond donors (Lipinski definition) is 2. The summed E-state index contributed by atoms with van der Waals surface area (Å²) in [5.74, 6) is -0.0208. The maximum atomic E-state index is 12.0. The lowest BCUT2D eigenvalue weighted by Gasteiger charge is -2.16. The topological polar surface area (TPSA) is 58.4 Å². The first kappa shape index (κ1) is 13.9. The Hall–Kier alpha value is -1.55. The molecule has 19 heavy (non-hydrogen) atoms. The maximum Gasteiger partial charge on any atom is 0.224 e. The van der Waals surface area contributed by atoms with Crippen LogP contribution in [-0.2, 0) is 11.2 Å². The summed E-state index contributed by atoms with van der Waals surface area (Å²) in [5, 5.41) is 3.03. The summed E-state index contributed by atoms with van der Waals surface area (Å²) in [4.78, 5) is 14.1. The van der Waals surface area contributed by atoms with E-state index in [0.717, 1.165) is 24.1 Å². The highest BCUT2D eigenvalue weighted by Gasteiger charge is 2.26. The highest BCUT2D eigenvalue weighted by atomic mass is 16.2. The molecule has 104 valence electrons. The van der Waals surface area contributed by atoms with Crippen LogP contribution in [-0.4, -0.2) is 32.6 Å². The van der Waals surface area contributed by atoms with Crippen molar-refractivity contribution in [2.75, 3.05) is 25.5 Å². The molecule has 1 aliphatic carbocycles. The van der Waals surface area contributed by atoms with Gasteiger partial charge in [0.1, 0.15) is 0 Å². The summed E-state index contributed by atoms with van der Waals surface area (Å²) >= 11 is 0. The van der Waals surface area contributed by atoms with Crippen molar-refractivity contribution in [3.63, 3.8) is 0 Å². The molecule has 1 amide bonds.